The summed E-state index contributed by atoms with van der Waals surface area (Å²) in [5.74, 6) is -0.471. The van der Waals surface area contributed by atoms with Gasteiger partial charge in [0.05, 0.1) is 19.2 Å². The lowest BCUT2D eigenvalue weighted by Crippen LogP contribution is -2.41. The normalized spacial score (nSPS) is 11.4. The van der Waals surface area contributed by atoms with Crippen molar-refractivity contribution in [3.63, 3.8) is 0 Å². The van der Waals surface area contributed by atoms with Crippen molar-refractivity contribution in [1.82, 2.24) is 15.2 Å². The predicted octanol–water partition coefficient (Wildman–Crippen LogP) is 0.252. The number of ether oxygens (including phenoxy) is 1. The van der Waals surface area contributed by atoms with Crippen molar-refractivity contribution in [2.75, 3.05) is 13.1 Å². The molecular formula is C18H21N3O5. The summed E-state index contributed by atoms with van der Waals surface area (Å²) in [7, 11) is 0. The van der Waals surface area contributed by atoms with Gasteiger partial charge in [0.15, 0.2) is 0 Å². The van der Waals surface area contributed by atoms with E-state index in [0.717, 1.165) is 5.56 Å². The molecule has 2 amide bonds. The number of nitrogens with zero attached hydrogens (tertiary/aromatic N) is 1. The van der Waals surface area contributed by atoms with Crippen LogP contribution in [0.1, 0.15) is 5.56 Å². The van der Waals surface area contributed by atoms with Crippen molar-refractivity contribution in [2.45, 2.75) is 19.3 Å². The van der Waals surface area contributed by atoms with Gasteiger partial charge in [0, 0.05) is 18.8 Å². The van der Waals surface area contributed by atoms with E-state index in [-0.39, 0.29) is 31.8 Å². The van der Waals surface area contributed by atoms with Gasteiger partial charge in [0.2, 0.25) is 5.91 Å². The molecular weight excluding hydrogens is 338 g/mol. The number of aromatic nitrogens is 1. The molecule has 138 valence electrons. The molecule has 1 heterocycles. The fraction of sp³-hybridized carbons (Fsp3) is 0.278. The summed E-state index contributed by atoms with van der Waals surface area (Å²) in [5, 5.41) is 14.7. The van der Waals surface area contributed by atoms with Crippen LogP contribution in [0.3, 0.4) is 0 Å². The number of benzene rings is 1. The predicted molar refractivity (Wildman–Crippen MR) is 94.3 cm³/mol. The fourth-order valence-electron chi connectivity index (χ4n) is 2.12. The van der Waals surface area contributed by atoms with Crippen LogP contribution in [-0.4, -0.2) is 40.9 Å². The van der Waals surface area contributed by atoms with Gasteiger partial charge in [-0.05, 0) is 11.6 Å². The molecule has 8 nitrogen and oxygen atoms in total. The average Bonchev–Trinajstić information content (AvgIpc) is 2.65. The topological polar surface area (TPSA) is 110 Å². The molecule has 0 bridgehead atoms. The second-order valence-electron chi connectivity index (χ2n) is 5.56. The van der Waals surface area contributed by atoms with Crippen molar-refractivity contribution in [2.24, 2.45) is 0 Å². The molecule has 0 saturated carbocycles. The van der Waals surface area contributed by atoms with Gasteiger partial charge in [-0.3, -0.25) is 9.59 Å². The zero-order chi connectivity index (χ0) is 18.8. The molecule has 0 spiro atoms. The van der Waals surface area contributed by atoms with E-state index in [1.54, 1.807) is 18.3 Å². The molecule has 0 aliphatic heterocycles. The lowest BCUT2D eigenvalue weighted by molar-refractivity contribution is -0.120. The molecule has 0 aliphatic rings. The lowest BCUT2D eigenvalue weighted by atomic mass is 10.2. The zero-order valence-corrected chi connectivity index (χ0v) is 14.1. The van der Waals surface area contributed by atoms with Crippen molar-refractivity contribution in [3.8, 4) is 0 Å². The maximum absolute atomic E-state index is 11.7. The minimum absolute atomic E-state index is 0.0408. The number of hydrogen-bond acceptors (Lipinski definition) is 5. The van der Waals surface area contributed by atoms with Gasteiger partial charge in [-0.2, -0.15) is 0 Å². The Balaban J connectivity index is 1.63. The Bertz CT molecular complexity index is 776. The first-order valence-corrected chi connectivity index (χ1v) is 8.09. The Morgan fingerprint density at radius 3 is 2.54 bits per heavy atom. The second kappa shape index (κ2) is 10.00. The molecule has 0 radical (unpaired) electrons. The summed E-state index contributed by atoms with van der Waals surface area (Å²) in [6.45, 7) is -0.141. The van der Waals surface area contributed by atoms with Gasteiger partial charge in [-0.25, -0.2) is 4.79 Å². The van der Waals surface area contributed by atoms with E-state index in [0.29, 0.717) is 0 Å². The molecule has 0 aliphatic carbocycles. The SMILES string of the molecule is O=C(CNC(=O)OCc1ccccc1)NCC(O)Cn1ccccc1=O. The Morgan fingerprint density at radius 1 is 1.08 bits per heavy atom. The van der Waals surface area contributed by atoms with E-state index >= 15 is 0 Å². The number of amides is 2. The smallest absolute Gasteiger partial charge is 0.407 e. The van der Waals surface area contributed by atoms with Crippen LogP contribution in [0.5, 0.6) is 0 Å². The van der Waals surface area contributed by atoms with Crippen LogP contribution in [0.4, 0.5) is 4.79 Å². The van der Waals surface area contributed by atoms with Crippen molar-refractivity contribution >= 4 is 12.0 Å². The van der Waals surface area contributed by atoms with E-state index in [1.807, 2.05) is 30.3 Å². The van der Waals surface area contributed by atoms with E-state index in [4.69, 9.17) is 4.74 Å². The molecule has 1 aromatic heterocycles. The summed E-state index contributed by atoms with van der Waals surface area (Å²) < 4.78 is 6.32. The number of nitrogens with one attached hydrogen (secondary N) is 2. The van der Waals surface area contributed by atoms with E-state index in [2.05, 4.69) is 10.6 Å². The van der Waals surface area contributed by atoms with Crippen LogP contribution < -0.4 is 16.2 Å². The summed E-state index contributed by atoms with van der Waals surface area (Å²) >= 11 is 0. The quantitative estimate of drug-likeness (QED) is 0.626. The zero-order valence-electron chi connectivity index (χ0n) is 14.1. The largest absolute Gasteiger partial charge is 0.445 e. The molecule has 2 aromatic rings. The summed E-state index contributed by atoms with van der Waals surface area (Å²) in [6, 6.07) is 13.8. The Kier molecular flexibility index (Phi) is 7.38. The highest BCUT2D eigenvalue weighted by atomic mass is 16.5. The summed E-state index contributed by atoms with van der Waals surface area (Å²) in [5.41, 5.74) is 0.604. The van der Waals surface area contributed by atoms with Crippen LogP contribution in [0.25, 0.3) is 0 Å². The van der Waals surface area contributed by atoms with Gasteiger partial charge in [0.1, 0.15) is 6.61 Å². The highest BCUT2D eigenvalue weighted by molar-refractivity contribution is 5.82. The molecule has 2 rings (SSSR count). The molecule has 1 aromatic carbocycles. The summed E-state index contributed by atoms with van der Waals surface area (Å²) in [6.07, 6.45) is -0.0815. The standard InChI is InChI=1S/C18H21N3O5/c22-15(12-21-9-5-4-8-17(21)24)10-19-16(23)11-20-18(25)26-13-14-6-2-1-3-7-14/h1-9,15,22H,10-13H2,(H,19,23)(H,20,25). The number of carbonyl (C=O) groups is 2. The maximum atomic E-state index is 11.7. The first-order valence-electron chi connectivity index (χ1n) is 8.09. The number of rotatable bonds is 8. The van der Waals surface area contributed by atoms with Gasteiger partial charge in [-0.1, -0.05) is 36.4 Å². The molecule has 3 N–H and O–H groups in total. The van der Waals surface area contributed by atoms with E-state index in [9.17, 15) is 19.5 Å². The Hall–Kier alpha value is -3.13. The van der Waals surface area contributed by atoms with E-state index in [1.165, 1.54) is 10.6 Å². The number of aliphatic hydroxyl groups excluding tert-OH is 1. The highest BCUT2D eigenvalue weighted by Crippen LogP contribution is 2.00. The number of carbonyl (C=O) groups excluding carboxylic acids is 2. The third-order valence-electron chi connectivity index (χ3n) is 3.45. The van der Waals surface area contributed by atoms with Crippen LogP contribution in [0.2, 0.25) is 0 Å². The van der Waals surface area contributed by atoms with E-state index < -0.39 is 18.1 Å². The highest BCUT2D eigenvalue weighted by Gasteiger charge is 2.10. The second-order valence-corrected chi connectivity index (χ2v) is 5.56. The fourth-order valence-corrected chi connectivity index (χ4v) is 2.12. The van der Waals surface area contributed by atoms with Crippen LogP contribution in [-0.2, 0) is 22.7 Å². The minimum Gasteiger partial charge on any atom is -0.445 e. The van der Waals surface area contributed by atoms with Gasteiger partial charge >= 0.3 is 6.09 Å². The maximum Gasteiger partial charge on any atom is 0.407 e. The third kappa shape index (κ3) is 6.78. The Morgan fingerprint density at radius 2 is 1.81 bits per heavy atom. The molecule has 8 heteroatoms. The number of hydrogen-bond donors (Lipinski definition) is 3. The number of alkyl carbamates (subject to hydrolysis) is 1. The van der Waals surface area contributed by atoms with Gasteiger partial charge < -0.3 is 25.0 Å². The van der Waals surface area contributed by atoms with Crippen molar-refractivity contribution in [1.29, 1.82) is 0 Å². The number of aliphatic hydroxyl groups is 1. The molecule has 0 fully saturated rings. The molecule has 1 atom stereocenters. The van der Waals surface area contributed by atoms with Crippen LogP contribution in [0, 0.1) is 0 Å². The first-order chi connectivity index (χ1) is 12.5. The molecule has 26 heavy (non-hydrogen) atoms. The van der Waals surface area contributed by atoms with Crippen molar-refractivity contribution < 1.29 is 19.4 Å². The number of pyridine rings is 1. The first kappa shape index (κ1) is 19.2. The molecule has 1 unspecified atom stereocenters. The monoisotopic (exact) mass is 359 g/mol. The lowest BCUT2D eigenvalue weighted by Gasteiger charge is -2.13. The van der Waals surface area contributed by atoms with Gasteiger partial charge in [0.25, 0.3) is 5.56 Å². The van der Waals surface area contributed by atoms with Crippen LogP contribution >= 0.6 is 0 Å². The average molecular weight is 359 g/mol. The van der Waals surface area contributed by atoms with Crippen molar-refractivity contribution in [3.05, 3.63) is 70.6 Å². The molecule has 0 saturated heterocycles. The Labute approximate surface area is 150 Å². The van der Waals surface area contributed by atoms with Crippen LogP contribution in [0.15, 0.2) is 59.5 Å². The summed E-state index contributed by atoms with van der Waals surface area (Å²) in [4.78, 5) is 34.8. The minimum atomic E-state index is -0.927. The third-order valence-corrected chi connectivity index (χ3v) is 3.45. The van der Waals surface area contributed by atoms with Gasteiger partial charge in [-0.15, -0.1) is 0 Å².